The summed E-state index contributed by atoms with van der Waals surface area (Å²) in [4.78, 5) is 28.9. The van der Waals surface area contributed by atoms with Crippen molar-refractivity contribution in [2.75, 3.05) is 10.8 Å². The maximum Gasteiger partial charge on any atom is 0.264 e. The van der Waals surface area contributed by atoms with E-state index in [2.05, 4.69) is 27.9 Å². The second-order valence-electron chi connectivity index (χ2n) is 9.93. The molecule has 2 amide bonds. The van der Waals surface area contributed by atoms with Crippen molar-refractivity contribution in [2.45, 2.75) is 62.6 Å². The first-order chi connectivity index (χ1) is 19.2. The first kappa shape index (κ1) is 30.3. The van der Waals surface area contributed by atoms with Gasteiger partial charge in [-0.1, -0.05) is 67.3 Å². The summed E-state index contributed by atoms with van der Waals surface area (Å²) in [5, 5.41) is 3.57. The highest BCUT2D eigenvalue weighted by Gasteiger charge is 2.33. The normalized spacial score (nSPS) is 14.8. The zero-order chi connectivity index (χ0) is 28.7. The average molecular weight is 694 g/mol. The Morgan fingerprint density at radius 2 is 1.57 bits per heavy atom. The number of sulfonamides is 1. The van der Waals surface area contributed by atoms with Crippen molar-refractivity contribution < 1.29 is 18.0 Å². The number of amides is 2. The predicted molar refractivity (Wildman–Crippen MR) is 167 cm³/mol. The maximum absolute atomic E-state index is 14.0. The topological polar surface area (TPSA) is 86.8 Å². The molecule has 0 spiro atoms. The average Bonchev–Trinajstić information content (AvgIpc) is 2.96. The van der Waals surface area contributed by atoms with Crippen LogP contribution >= 0.6 is 34.2 Å². The minimum absolute atomic E-state index is 0.0592. The minimum Gasteiger partial charge on any atom is -0.352 e. The fourth-order valence-corrected chi connectivity index (χ4v) is 6.81. The lowest BCUT2D eigenvalue weighted by Crippen LogP contribution is -2.53. The molecule has 3 aromatic carbocycles. The van der Waals surface area contributed by atoms with Gasteiger partial charge >= 0.3 is 0 Å². The van der Waals surface area contributed by atoms with Gasteiger partial charge in [-0.15, -0.1) is 0 Å². The van der Waals surface area contributed by atoms with E-state index in [1.165, 1.54) is 17.0 Å². The highest BCUT2D eigenvalue weighted by atomic mass is 127. The zero-order valence-corrected chi connectivity index (χ0v) is 26.0. The minimum atomic E-state index is -4.09. The molecular formula is C30H33ClIN3O4S. The van der Waals surface area contributed by atoms with Crippen LogP contribution < -0.4 is 9.62 Å². The Kier molecular flexibility index (Phi) is 10.5. The number of hydrogen-bond acceptors (Lipinski definition) is 4. The Bertz CT molecular complexity index is 1410. The number of carbonyl (C=O) groups excluding carboxylic acids is 2. The first-order valence-corrected chi connectivity index (χ1v) is 16.2. The molecule has 212 valence electrons. The quantitative estimate of drug-likeness (QED) is 0.264. The van der Waals surface area contributed by atoms with Gasteiger partial charge in [0.05, 0.1) is 10.6 Å². The van der Waals surface area contributed by atoms with E-state index in [4.69, 9.17) is 11.6 Å². The third-order valence-corrected chi connectivity index (χ3v) is 10.0. The van der Waals surface area contributed by atoms with Crippen LogP contribution in [0.25, 0.3) is 0 Å². The molecule has 0 saturated heterocycles. The molecule has 0 bridgehead atoms. The van der Waals surface area contributed by atoms with E-state index in [0.717, 1.165) is 40.0 Å². The van der Waals surface area contributed by atoms with E-state index in [0.29, 0.717) is 16.3 Å². The summed E-state index contributed by atoms with van der Waals surface area (Å²) in [6.45, 7) is 1.25. The van der Waals surface area contributed by atoms with Crippen LogP contribution in [0, 0.1) is 3.57 Å². The lowest BCUT2D eigenvalue weighted by atomic mass is 9.95. The fraction of sp³-hybridized carbons (Fsp3) is 0.333. The molecule has 1 N–H and O–H groups in total. The Hall–Kier alpha value is -2.63. The first-order valence-electron chi connectivity index (χ1n) is 13.3. The van der Waals surface area contributed by atoms with Gasteiger partial charge in [0, 0.05) is 21.2 Å². The molecule has 1 unspecified atom stereocenters. The third-order valence-electron chi connectivity index (χ3n) is 7.14. The number of nitrogens with one attached hydrogen (secondary N) is 1. The number of nitrogens with zero attached hydrogens (tertiary/aromatic N) is 2. The Morgan fingerprint density at radius 3 is 2.23 bits per heavy atom. The van der Waals surface area contributed by atoms with Gasteiger partial charge in [-0.3, -0.25) is 13.9 Å². The van der Waals surface area contributed by atoms with Crippen molar-refractivity contribution in [1.29, 1.82) is 0 Å². The number of anilines is 1. The van der Waals surface area contributed by atoms with Crippen LogP contribution in [-0.2, 0) is 26.2 Å². The molecule has 10 heteroatoms. The summed E-state index contributed by atoms with van der Waals surface area (Å²) < 4.78 is 29.6. The van der Waals surface area contributed by atoms with Gasteiger partial charge < -0.3 is 10.2 Å². The van der Waals surface area contributed by atoms with Crippen molar-refractivity contribution in [3.05, 3.63) is 93.0 Å². The van der Waals surface area contributed by atoms with Crippen molar-refractivity contribution in [3.63, 3.8) is 0 Å². The van der Waals surface area contributed by atoms with Gasteiger partial charge in [0.1, 0.15) is 12.6 Å². The van der Waals surface area contributed by atoms with Crippen LogP contribution in [0.4, 0.5) is 5.69 Å². The van der Waals surface area contributed by atoms with Crippen LogP contribution in [-0.4, -0.2) is 43.8 Å². The Morgan fingerprint density at radius 1 is 0.950 bits per heavy atom. The van der Waals surface area contributed by atoms with E-state index in [1.54, 1.807) is 67.6 Å². The zero-order valence-electron chi connectivity index (χ0n) is 22.3. The standard InChI is InChI=1S/C30H33ClIN3O4S/c1-22(30(37)33-25-11-4-2-5-12-25)34(20-23-10-8-9-15-28(23)31)29(36)21-35(26-18-16-24(32)17-19-26)40(38,39)27-13-6-3-7-14-27/h3,6-10,13-19,22,25H,2,4-5,11-12,20-21H2,1H3,(H,33,37). The van der Waals surface area contributed by atoms with E-state index in [-0.39, 0.29) is 23.4 Å². The molecule has 0 aliphatic heterocycles. The summed E-state index contributed by atoms with van der Waals surface area (Å²) in [6, 6.07) is 21.3. The highest BCUT2D eigenvalue weighted by molar-refractivity contribution is 14.1. The number of rotatable bonds is 10. The van der Waals surface area contributed by atoms with Crippen LogP contribution in [0.3, 0.4) is 0 Å². The van der Waals surface area contributed by atoms with Crippen LogP contribution in [0.1, 0.15) is 44.6 Å². The smallest absolute Gasteiger partial charge is 0.264 e. The fourth-order valence-electron chi connectivity index (χ4n) is 4.82. The highest BCUT2D eigenvalue weighted by Crippen LogP contribution is 2.26. The number of hydrogen-bond donors (Lipinski definition) is 1. The van der Waals surface area contributed by atoms with Gasteiger partial charge in [-0.05, 0) is 90.4 Å². The largest absolute Gasteiger partial charge is 0.352 e. The van der Waals surface area contributed by atoms with E-state index in [9.17, 15) is 18.0 Å². The second kappa shape index (κ2) is 13.8. The van der Waals surface area contributed by atoms with Gasteiger partial charge in [-0.25, -0.2) is 8.42 Å². The van der Waals surface area contributed by atoms with Crippen molar-refractivity contribution >= 4 is 61.7 Å². The van der Waals surface area contributed by atoms with Crippen molar-refractivity contribution in [3.8, 4) is 0 Å². The van der Waals surface area contributed by atoms with Crippen molar-refractivity contribution in [2.24, 2.45) is 0 Å². The van der Waals surface area contributed by atoms with Gasteiger partial charge in [-0.2, -0.15) is 0 Å². The molecule has 0 aromatic heterocycles. The second-order valence-corrected chi connectivity index (χ2v) is 13.4. The molecule has 40 heavy (non-hydrogen) atoms. The van der Waals surface area contributed by atoms with Crippen LogP contribution in [0.2, 0.25) is 5.02 Å². The number of halogens is 2. The molecule has 1 aliphatic carbocycles. The van der Waals surface area contributed by atoms with Crippen molar-refractivity contribution in [1.82, 2.24) is 10.2 Å². The third kappa shape index (κ3) is 7.55. The van der Waals surface area contributed by atoms with E-state index < -0.39 is 28.5 Å². The van der Waals surface area contributed by atoms with Crippen LogP contribution in [0.5, 0.6) is 0 Å². The molecule has 1 aliphatic rings. The summed E-state index contributed by atoms with van der Waals surface area (Å²) in [6.07, 6.45) is 5.09. The molecule has 4 rings (SSSR count). The molecule has 7 nitrogen and oxygen atoms in total. The summed E-state index contributed by atoms with van der Waals surface area (Å²) in [7, 11) is -4.09. The summed E-state index contributed by atoms with van der Waals surface area (Å²) in [5.74, 6) is -0.775. The molecule has 0 heterocycles. The van der Waals surface area contributed by atoms with E-state index in [1.807, 2.05) is 6.07 Å². The van der Waals surface area contributed by atoms with Gasteiger partial charge in [0.25, 0.3) is 10.0 Å². The molecule has 1 fully saturated rings. The predicted octanol–water partition coefficient (Wildman–Crippen LogP) is 6.01. The molecular weight excluding hydrogens is 661 g/mol. The summed E-state index contributed by atoms with van der Waals surface area (Å²) >= 11 is 8.58. The van der Waals surface area contributed by atoms with Gasteiger partial charge in [0.2, 0.25) is 11.8 Å². The number of benzene rings is 3. The monoisotopic (exact) mass is 693 g/mol. The molecule has 0 radical (unpaired) electrons. The molecule has 1 atom stereocenters. The van der Waals surface area contributed by atoms with Crippen LogP contribution in [0.15, 0.2) is 83.8 Å². The maximum atomic E-state index is 14.0. The number of carbonyl (C=O) groups is 2. The Labute approximate surface area is 255 Å². The lowest BCUT2D eigenvalue weighted by Gasteiger charge is -2.33. The summed E-state index contributed by atoms with van der Waals surface area (Å²) in [5.41, 5.74) is 1.02. The lowest BCUT2D eigenvalue weighted by molar-refractivity contribution is -0.139. The Balaban J connectivity index is 1.67. The van der Waals surface area contributed by atoms with Gasteiger partial charge in [0.15, 0.2) is 0 Å². The SMILES string of the molecule is CC(C(=O)NC1CCCCC1)N(Cc1ccccc1Cl)C(=O)CN(c1ccc(I)cc1)S(=O)(=O)c1ccccc1. The molecule has 3 aromatic rings. The van der Waals surface area contributed by atoms with E-state index >= 15 is 0 Å². The molecule has 1 saturated carbocycles.